The minimum absolute atomic E-state index is 0.422. The maximum atomic E-state index is 5.99. The number of benzene rings is 1. The maximum absolute atomic E-state index is 5.99. The highest BCUT2D eigenvalue weighted by Gasteiger charge is 2.20. The van der Waals surface area contributed by atoms with Crippen molar-refractivity contribution in [2.45, 2.75) is 25.8 Å². The summed E-state index contributed by atoms with van der Waals surface area (Å²) in [6.07, 6.45) is 4.07. The van der Waals surface area contributed by atoms with Crippen molar-refractivity contribution in [3.05, 3.63) is 30.5 Å². The Labute approximate surface area is 119 Å². The van der Waals surface area contributed by atoms with Crippen LogP contribution in [-0.2, 0) is 4.74 Å². The normalized spacial score (nSPS) is 18.1. The molecule has 20 heavy (non-hydrogen) atoms. The fourth-order valence-electron chi connectivity index (χ4n) is 2.90. The molecule has 1 aliphatic rings. The Kier molecular flexibility index (Phi) is 3.74. The van der Waals surface area contributed by atoms with Crippen molar-refractivity contribution in [2.75, 3.05) is 24.3 Å². The van der Waals surface area contributed by atoms with E-state index >= 15 is 0 Å². The van der Waals surface area contributed by atoms with Crippen LogP contribution in [0, 0.1) is 5.92 Å². The number of pyridine rings is 1. The highest BCUT2D eigenvalue weighted by Crippen LogP contribution is 2.28. The minimum Gasteiger partial charge on any atom is -0.397 e. The Balaban J connectivity index is 1.85. The van der Waals surface area contributed by atoms with Gasteiger partial charge in [-0.15, -0.1) is 0 Å². The average Bonchev–Trinajstić information content (AvgIpc) is 2.49. The summed E-state index contributed by atoms with van der Waals surface area (Å²) in [5.41, 5.74) is 8.70. The molecule has 3 N–H and O–H groups in total. The van der Waals surface area contributed by atoms with E-state index in [9.17, 15) is 0 Å². The quantitative estimate of drug-likeness (QED) is 0.842. The molecule has 0 spiro atoms. The van der Waals surface area contributed by atoms with Crippen LogP contribution in [-0.4, -0.2) is 24.2 Å². The van der Waals surface area contributed by atoms with E-state index in [-0.39, 0.29) is 0 Å². The second-order valence-corrected chi connectivity index (χ2v) is 5.48. The molecule has 1 aliphatic heterocycles. The van der Waals surface area contributed by atoms with Crippen molar-refractivity contribution in [1.82, 2.24) is 4.98 Å². The highest BCUT2D eigenvalue weighted by atomic mass is 16.5. The molecule has 1 aromatic heterocycles. The Morgan fingerprint density at radius 1 is 1.30 bits per heavy atom. The number of nitrogens with two attached hydrogens (primary N) is 1. The largest absolute Gasteiger partial charge is 0.397 e. The van der Waals surface area contributed by atoms with Crippen LogP contribution in [0.5, 0.6) is 0 Å². The Morgan fingerprint density at radius 3 is 2.90 bits per heavy atom. The number of ether oxygens (including phenoxy) is 1. The first kappa shape index (κ1) is 13.2. The first-order valence-corrected chi connectivity index (χ1v) is 7.23. The van der Waals surface area contributed by atoms with Crippen molar-refractivity contribution in [3.63, 3.8) is 0 Å². The van der Waals surface area contributed by atoms with Crippen LogP contribution >= 0.6 is 0 Å². The zero-order valence-corrected chi connectivity index (χ0v) is 11.8. The fourth-order valence-corrected chi connectivity index (χ4v) is 2.90. The number of fused-ring (bicyclic) bond motifs is 1. The van der Waals surface area contributed by atoms with Crippen LogP contribution in [0.2, 0.25) is 0 Å². The lowest BCUT2D eigenvalue weighted by molar-refractivity contribution is 0.0622. The number of anilines is 2. The van der Waals surface area contributed by atoms with Crippen molar-refractivity contribution in [3.8, 4) is 0 Å². The molecule has 0 radical (unpaired) electrons. The summed E-state index contributed by atoms with van der Waals surface area (Å²) in [4.78, 5) is 4.38. The van der Waals surface area contributed by atoms with E-state index in [0.29, 0.717) is 12.0 Å². The Morgan fingerprint density at radius 2 is 2.10 bits per heavy atom. The molecule has 1 unspecified atom stereocenters. The van der Waals surface area contributed by atoms with E-state index in [1.165, 1.54) is 0 Å². The third kappa shape index (κ3) is 2.56. The van der Waals surface area contributed by atoms with Crippen LogP contribution in [0.4, 0.5) is 11.4 Å². The molecule has 3 rings (SSSR count). The predicted octanol–water partition coefficient (Wildman–Crippen LogP) is 3.04. The molecule has 2 aromatic rings. The smallest absolute Gasteiger partial charge is 0.0951 e. The first-order valence-electron chi connectivity index (χ1n) is 7.23. The van der Waals surface area contributed by atoms with Gasteiger partial charge in [0.25, 0.3) is 0 Å². The third-order valence-corrected chi connectivity index (χ3v) is 4.16. The zero-order valence-electron chi connectivity index (χ0n) is 11.8. The molecular weight excluding hydrogens is 250 g/mol. The van der Waals surface area contributed by atoms with Gasteiger partial charge in [0.2, 0.25) is 0 Å². The lowest BCUT2D eigenvalue weighted by Crippen LogP contribution is -2.31. The SMILES string of the molecule is CC(Nc1ccnc2c(N)cccc12)C1CCOCC1. The first-order chi connectivity index (χ1) is 9.75. The average molecular weight is 271 g/mol. The molecule has 1 saturated heterocycles. The van der Waals surface area contributed by atoms with Gasteiger partial charge in [0.15, 0.2) is 0 Å². The van der Waals surface area contributed by atoms with E-state index < -0.39 is 0 Å². The summed E-state index contributed by atoms with van der Waals surface area (Å²) in [5.74, 6) is 0.660. The number of aromatic nitrogens is 1. The number of rotatable bonds is 3. The van der Waals surface area contributed by atoms with Crippen molar-refractivity contribution in [2.24, 2.45) is 5.92 Å². The molecule has 0 amide bonds. The predicted molar refractivity (Wildman–Crippen MR) is 82.8 cm³/mol. The summed E-state index contributed by atoms with van der Waals surface area (Å²) < 4.78 is 5.43. The number of para-hydroxylation sites is 1. The van der Waals surface area contributed by atoms with Crippen LogP contribution < -0.4 is 11.1 Å². The van der Waals surface area contributed by atoms with Gasteiger partial charge in [0.05, 0.1) is 11.2 Å². The van der Waals surface area contributed by atoms with Gasteiger partial charge in [-0.25, -0.2) is 0 Å². The summed E-state index contributed by atoms with van der Waals surface area (Å²) in [5, 5.41) is 4.72. The summed E-state index contributed by atoms with van der Waals surface area (Å²) in [7, 11) is 0. The van der Waals surface area contributed by atoms with Gasteiger partial charge < -0.3 is 15.8 Å². The number of hydrogen-bond donors (Lipinski definition) is 2. The van der Waals surface area contributed by atoms with Crippen molar-refractivity contribution < 1.29 is 4.74 Å². The lowest BCUT2D eigenvalue weighted by atomic mass is 9.92. The van der Waals surface area contributed by atoms with Crippen LogP contribution in [0.3, 0.4) is 0 Å². The van der Waals surface area contributed by atoms with Crippen LogP contribution in [0.25, 0.3) is 10.9 Å². The van der Waals surface area contributed by atoms with Crippen molar-refractivity contribution >= 4 is 22.3 Å². The van der Waals surface area contributed by atoms with Gasteiger partial charge >= 0.3 is 0 Å². The summed E-state index contributed by atoms with van der Waals surface area (Å²) in [6.45, 7) is 4.00. The summed E-state index contributed by atoms with van der Waals surface area (Å²) >= 11 is 0. The molecule has 0 saturated carbocycles. The molecule has 1 fully saturated rings. The van der Waals surface area contributed by atoms with E-state index in [0.717, 1.165) is 48.3 Å². The molecule has 106 valence electrons. The molecule has 2 heterocycles. The molecule has 1 aromatic carbocycles. The Bertz CT molecular complexity index is 593. The topological polar surface area (TPSA) is 60.2 Å². The second-order valence-electron chi connectivity index (χ2n) is 5.48. The van der Waals surface area contributed by atoms with E-state index in [1.54, 1.807) is 0 Å². The van der Waals surface area contributed by atoms with E-state index in [2.05, 4.69) is 23.3 Å². The number of nitrogen functional groups attached to an aromatic ring is 1. The lowest BCUT2D eigenvalue weighted by Gasteiger charge is -2.29. The maximum Gasteiger partial charge on any atom is 0.0951 e. The number of nitrogens with one attached hydrogen (secondary N) is 1. The minimum atomic E-state index is 0.422. The molecule has 0 aliphatic carbocycles. The standard InChI is InChI=1S/C16H21N3O/c1-11(12-6-9-20-10-7-12)19-15-5-8-18-16-13(15)3-2-4-14(16)17/h2-5,8,11-12H,6-7,9-10,17H2,1H3,(H,18,19). The molecule has 1 atom stereocenters. The molecule has 4 nitrogen and oxygen atoms in total. The number of nitrogens with zero attached hydrogens (tertiary/aromatic N) is 1. The van der Waals surface area contributed by atoms with Gasteiger partial charge in [-0.05, 0) is 37.8 Å². The highest BCUT2D eigenvalue weighted by molar-refractivity contribution is 5.97. The monoisotopic (exact) mass is 271 g/mol. The van der Waals surface area contributed by atoms with E-state index in [1.807, 2.05) is 24.4 Å². The zero-order chi connectivity index (χ0) is 13.9. The fraction of sp³-hybridized carbons (Fsp3) is 0.438. The van der Waals surface area contributed by atoms with Crippen LogP contribution in [0.15, 0.2) is 30.5 Å². The molecular formula is C16H21N3O. The molecule has 0 bridgehead atoms. The molecule has 4 heteroatoms. The van der Waals surface area contributed by atoms with Crippen molar-refractivity contribution in [1.29, 1.82) is 0 Å². The van der Waals surface area contributed by atoms with E-state index in [4.69, 9.17) is 10.5 Å². The van der Waals surface area contributed by atoms with Crippen LogP contribution in [0.1, 0.15) is 19.8 Å². The third-order valence-electron chi connectivity index (χ3n) is 4.16. The van der Waals surface area contributed by atoms with Gasteiger partial charge in [-0.3, -0.25) is 4.98 Å². The van der Waals surface area contributed by atoms with Gasteiger partial charge in [-0.1, -0.05) is 12.1 Å². The van der Waals surface area contributed by atoms with Gasteiger partial charge in [0, 0.05) is 36.5 Å². The number of hydrogen-bond acceptors (Lipinski definition) is 4. The second kappa shape index (κ2) is 5.67. The summed E-state index contributed by atoms with van der Waals surface area (Å²) in [6, 6.07) is 8.38. The Hall–Kier alpha value is -1.81. The van der Waals surface area contributed by atoms with Gasteiger partial charge in [0.1, 0.15) is 0 Å². The van der Waals surface area contributed by atoms with Gasteiger partial charge in [-0.2, -0.15) is 0 Å².